The number of benzene rings is 1. The maximum absolute atomic E-state index is 12.4. The summed E-state index contributed by atoms with van der Waals surface area (Å²) in [4.78, 5) is 25.8. The number of carbonyl (C=O) groups is 2. The topological polar surface area (TPSA) is 75.4 Å². The molecular weight excluding hydrogens is 230 g/mol. The Balaban J connectivity index is 2.31. The van der Waals surface area contributed by atoms with Gasteiger partial charge in [-0.05, 0) is 32.0 Å². The van der Waals surface area contributed by atoms with Crippen LogP contribution in [0.5, 0.6) is 0 Å². The fourth-order valence-electron chi connectivity index (χ4n) is 2.08. The molecule has 3 N–H and O–H groups in total. The molecule has 5 heteroatoms. The SMILES string of the molecule is CC1(C)C(=O)NCCN1C(=O)c1cccc(N)c1. The van der Waals surface area contributed by atoms with E-state index < -0.39 is 5.54 Å². The average Bonchev–Trinajstić information content (AvgIpc) is 2.32. The Morgan fingerprint density at radius 1 is 1.44 bits per heavy atom. The highest BCUT2D eigenvalue weighted by atomic mass is 16.2. The molecule has 2 amide bonds. The Kier molecular flexibility index (Phi) is 2.98. The molecule has 0 atom stereocenters. The first kappa shape index (κ1) is 12.4. The van der Waals surface area contributed by atoms with Crippen LogP contribution in [0, 0.1) is 0 Å². The Morgan fingerprint density at radius 3 is 2.83 bits per heavy atom. The predicted molar refractivity (Wildman–Crippen MR) is 69.0 cm³/mol. The minimum atomic E-state index is -0.833. The molecule has 18 heavy (non-hydrogen) atoms. The number of hydrogen-bond donors (Lipinski definition) is 2. The van der Waals surface area contributed by atoms with Gasteiger partial charge in [0.05, 0.1) is 0 Å². The summed E-state index contributed by atoms with van der Waals surface area (Å²) in [5.74, 6) is -0.298. The van der Waals surface area contributed by atoms with Crippen molar-refractivity contribution in [2.24, 2.45) is 0 Å². The van der Waals surface area contributed by atoms with Crippen LogP contribution < -0.4 is 11.1 Å². The summed E-state index contributed by atoms with van der Waals surface area (Å²) in [5, 5.41) is 2.76. The van der Waals surface area contributed by atoms with Gasteiger partial charge in [0, 0.05) is 24.3 Å². The van der Waals surface area contributed by atoms with E-state index in [0.29, 0.717) is 24.3 Å². The summed E-state index contributed by atoms with van der Waals surface area (Å²) in [7, 11) is 0. The van der Waals surface area contributed by atoms with E-state index >= 15 is 0 Å². The van der Waals surface area contributed by atoms with Crippen LogP contribution in [0.2, 0.25) is 0 Å². The summed E-state index contributed by atoms with van der Waals surface area (Å²) >= 11 is 0. The first-order valence-electron chi connectivity index (χ1n) is 5.89. The molecule has 0 radical (unpaired) electrons. The lowest BCUT2D eigenvalue weighted by atomic mass is 9.97. The van der Waals surface area contributed by atoms with Crippen LogP contribution in [0.25, 0.3) is 0 Å². The van der Waals surface area contributed by atoms with Crippen molar-refractivity contribution in [3.05, 3.63) is 29.8 Å². The first-order valence-corrected chi connectivity index (χ1v) is 5.89. The van der Waals surface area contributed by atoms with Crippen LogP contribution in [-0.4, -0.2) is 35.3 Å². The van der Waals surface area contributed by atoms with Gasteiger partial charge in [0.2, 0.25) is 5.91 Å². The standard InChI is InChI=1S/C13H17N3O2/c1-13(2)12(18)15-6-7-16(13)11(17)9-4-3-5-10(14)8-9/h3-5,8H,6-7,14H2,1-2H3,(H,15,18). The van der Waals surface area contributed by atoms with Gasteiger partial charge >= 0.3 is 0 Å². The van der Waals surface area contributed by atoms with Crippen LogP contribution in [0.15, 0.2) is 24.3 Å². The van der Waals surface area contributed by atoms with Gasteiger partial charge in [0.1, 0.15) is 5.54 Å². The highest BCUT2D eigenvalue weighted by Gasteiger charge is 2.40. The number of hydrogen-bond acceptors (Lipinski definition) is 3. The number of anilines is 1. The van der Waals surface area contributed by atoms with Crippen molar-refractivity contribution in [3.8, 4) is 0 Å². The second-order valence-corrected chi connectivity index (χ2v) is 4.90. The summed E-state index contributed by atoms with van der Waals surface area (Å²) < 4.78 is 0. The molecule has 0 aromatic heterocycles. The van der Waals surface area contributed by atoms with Gasteiger partial charge in [-0.2, -0.15) is 0 Å². The number of nitrogens with two attached hydrogens (primary N) is 1. The van der Waals surface area contributed by atoms with E-state index in [9.17, 15) is 9.59 Å². The number of amides is 2. The lowest BCUT2D eigenvalue weighted by Gasteiger charge is -2.41. The second-order valence-electron chi connectivity index (χ2n) is 4.90. The maximum Gasteiger partial charge on any atom is 0.254 e. The lowest BCUT2D eigenvalue weighted by Crippen LogP contribution is -2.63. The van der Waals surface area contributed by atoms with Crippen LogP contribution in [0.3, 0.4) is 0 Å². The van der Waals surface area contributed by atoms with Crippen molar-refractivity contribution in [2.45, 2.75) is 19.4 Å². The minimum absolute atomic E-state index is 0.133. The van der Waals surface area contributed by atoms with E-state index in [1.54, 1.807) is 43.0 Å². The van der Waals surface area contributed by atoms with Gasteiger partial charge < -0.3 is 16.0 Å². The molecule has 0 bridgehead atoms. The zero-order valence-corrected chi connectivity index (χ0v) is 10.6. The van der Waals surface area contributed by atoms with Crippen LogP contribution in [0.4, 0.5) is 5.69 Å². The van der Waals surface area contributed by atoms with E-state index in [2.05, 4.69) is 5.32 Å². The zero-order valence-electron chi connectivity index (χ0n) is 10.6. The third-order valence-electron chi connectivity index (χ3n) is 3.23. The van der Waals surface area contributed by atoms with Crippen molar-refractivity contribution < 1.29 is 9.59 Å². The monoisotopic (exact) mass is 247 g/mol. The number of nitrogens with one attached hydrogen (secondary N) is 1. The fraction of sp³-hybridized carbons (Fsp3) is 0.385. The third kappa shape index (κ3) is 2.03. The quantitative estimate of drug-likeness (QED) is 0.714. The van der Waals surface area contributed by atoms with E-state index in [4.69, 9.17) is 5.73 Å². The Morgan fingerprint density at radius 2 is 2.17 bits per heavy atom. The predicted octanol–water partition coefficient (Wildman–Crippen LogP) is 0.619. The van der Waals surface area contributed by atoms with Crippen LogP contribution in [0.1, 0.15) is 24.2 Å². The molecule has 0 spiro atoms. The molecule has 1 saturated heterocycles. The van der Waals surface area contributed by atoms with Gasteiger partial charge in [-0.1, -0.05) is 6.07 Å². The van der Waals surface area contributed by atoms with Crippen LogP contribution in [-0.2, 0) is 4.79 Å². The number of carbonyl (C=O) groups excluding carboxylic acids is 2. The molecule has 1 heterocycles. The van der Waals surface area contributed by atoms with Crippen molar-refractivity contribution in [1.29, 1.82) is 0 Å². The average molecular weight is 247 g/mol. The highest BCUT2D eigenvalue weighted by Crippen LogP contribution is 2.21. The minimum Gasteiger partial charge on any atom is -0.399 e. The van der Waals surface area contributed by atoms with Gasteiger partial charge in [0.25, 0.3) is 5.91 Å². The third-order valence-corrected chi connectivity index (χ3v) is 3.23. The van der Waals surface area contributed by atoms with Gasteiger partial charge in [0.15, 0.2) is 0 Å². The molecule has 1 aromatic carbocycles. The first-order chi connectivity index (χ1) is 8.43. The smallest absolute Gasteiger partial charge is 0.254 e. The van der Waals surface area contributed by atoms with Gasteiger partial charge in [-0.15, -0.1) is 0 Å². The van der Waals surface area contributed by atoms with Gasteiger partial charge in [-0.3, -0.25) is 9.59 Å². The van der Waals surface area contributed by atoms with Crippen LogP contribution >= 0.6 is 0 Å². The number of piperazine rings is 1. The van der Waals surface area contributed by atoms with E-state index in [1.807, 2.05) is 0 Å². The molecule has 0 aliphatic carbocycles. The summed E-state index contributed by atoms with van der Waals surface area (Å²) in [6.45, 7) is 4.47. The molecule has 0 saturated carbocycles. The Labute approximate surface area is 106 Å². The van der Waals surface area contributed by atoms with E-state index in [0.717, 1.165) is 0 Å². The number of nitrogens with zero attached hydrogens (tertiary/aromatic N) is 1. The molecular formula is C13H17N3O2. The normalized spacial score (nSPS) is 18.3. The number of rotatable bonds is 1. The molecule has 1 aliphatic rings. The summed E-state index contributed by atoms with van der Waals surface area (Å²) in [6.07, 6.45) is 0. The lowest BCUT2D eigenvalue weighted by molar-refractivity contribution is -0.133. The second kappa shape index (κ2) is 4.33. The van der Waals surface area contributed by atoms with Gasteiger partial charge in [-0.25, -0.2) is 0 Å². The maximum atomic E-state index is 12.4. The van der Waals surface area contributed by atoms with Crippen molar-refractivity contribution in [2.75, 3.05) is 18.8 Å². The molecule has 1 aliphatic heterocycles. The van der Waals surface area contributed by atoms with Crippen molar-refractivity contribution in [1.82, 2.24) is 10.2 Å². The van der Waals surface area contributed by atoms with E-state index in [1.165, 1.54) is 0 Å². The molecule has 1 aromatic rings. The molecule has 5 nitrogen and oxygen atoms in total. The van der Waals surface area contributed by atoms with Crippen molar-refractivity contribution >= 4 is 17.5 Å². The zero-order chi connectivity index (χ0) is 13.3. The summed E-state index contributed by atoms with van der Waals surface area (Å²) in [5.41, 5.74) is 5.89. The number of nitrogen functional groups attached to an aromatic ring is 1. The van der Waals surface area contributed by atoms with E-state index in [-0.39, 0.29) is 11.8 Å². The highest BCUT2D eigenvalue weighted by molar-refractivity contribution is 6.00. The summed E-state index contributed by atoms with van der Waals surface area (Å²) in [6, 6.07) is 6.80. The Hall–Kier alpha value is -2.04. The molecule has 0 unspecified atom stereocenters. The molecule has 2 rings (SSSR count). The molecule has 96 valence electrons. The fourth-order valence-corrected chi connectivity index (χ4v) is 2.08. The van der Waals surface area contributed by atoms with Crippen molar-refractivity contribution in [3.63, 3.8) is 0 Å². The largest absolute Gasteiger partial charge is 0.399 e. The molecule has 1 fully saturated rings. The Bertz CT molecular complexity index is 497.